The SMILES string of the molecule is CC(OCC1CCC(c2ccc3c(NC4CCCC4)nc(Cl)nn23)O1)P(=O)(O)O.CO. The predicted octanol–water partition coefficient (Wildman–Crippen LogP) is 3.11. The van der Waals surface area contributed by atoms with Gasteiger partial charge in [-0.05, 0) is 56.3 Å². The van der Waals surface area contributed by atoms with Crippen LogP contribution in [0.2, 0.25) is 5.28 Å². The van der Waals surface area contributed by atoms with E-state index in [1.165, 1.54) is 19.8 Å². The van der Waals surface area contributed by atoms with Crippen molar-refractivity contribution < 1.29 is 28.9 Å². The number of halogens is 1. The molecule has 1 aliphatic heterocycles. The highest BCUT2D eigenvalue weighted by Gasteiger charge is 2.32. The highest BCUT2D eigenvalue weighted by Crippen LogP contribution is 2.42. The summed E-state index contributed by atoms with van der Waals surface area (Å²) in [5.74, 6) is -0.411. The summed E-state index contributed by atoms with van der Waals surface area (Å²) in [6, 6.07) is 4.33. The molecule has 3 unspecified atom stereocenters. The monoisotopic (exact) mass is 476 g/mol. The molecular weight excluding hydrogens is 447 g/mol. The minimum Gasteiger partial charge on any atom is -0.400 e. The number of nitrogens with zero attached hydrogens (tertiary/aromatic N) is 3. The molecule has 3 atom stereocenters. The lowest BCUT2D eigenvalue weighted by Gasteiger charge is -2.18. The summed E-state index contributed by atoms with van der Waals surface area (Å²) in [5.41, 5.74) is 1.74. The van der Waals surface area contributed by atoms with Crippen molar-refractivity contribution in [1.29, 1.82) is 0 Å². The van der Waals surface area contributed by atoms with E-state index in [4.69, 9.17) is 36.0 Å². The average Bonchev–Trinajstić information content (AvgIpc) is 3.47. The van der Waals surface area contributed by atoms with E-state index < -0.39 is 13.4 Å². The Morgan fingerprint density at radius 3 is 2.68 bits per heavy atom. The standard InChI is InChI=1S/C18H26ClN4O5P.CH4O/c1-11(29(24,25)26)27-10-13-6-9-16(28-13)14-7-8-15-17(20-12-4-2-3-5-12)21-18(19)22-23(14)15;1-2/h7-8,11-13,16H,2-6,9-10H2,1H3,(H,20,21,22)(H2,24,25,26);2H,1H3. The average molecular weight is 477 g/mol. The van der Waals surface area contributed by atoms with Crippen LogP contribution in [0.3, 0.4) is 0 Å². The Morgan fingerprint density at radius 2 is 2.00 bits per heavy atom. The summed E-state index contributed by atoms with van der Waals surface area (Å²) in [6.07, 6.45) is 5.77. The number of nitrogens with one attached hydrogen (secondary N) is 1. The van der Waals surface area contributed by atoms with Crippen LogP contribution in [0.5, 0.6) is 0 Å². The number of aromatic nitrogens is 3. The molecule has 0 radical (unpaired) electrons. The van der Waals surface area contributed by atoms with E-state index >= 15 is 0 Å². The molecule has 0 aromatic carbocycles. The number of anilines is 1. The zero-order valence-electron chi connectivity index (χ0n) is 17.6. The van der Waals surface area contributed by atoms with E-state index in [-0.39, 0.29) is 24.1 Å². The lowest BCUT2D eigenvalue weighted by atomic mass is 10.1. The minimum atomic E-state index is -4.25. The molecule has 0 spiro atoms. The van der Waals surface area contributed by atoms with Crippen LogP contribution in [0.4, 0.5) is 5.82 Å². The Bertz CT molecular complexity index is 916. The van der Waals surface area contributed by atoms with E-state index in [0.717, 1.165) is 49.8 Å². The first kappa shape index (κ1) is 24.4. The molecule has 3 heterocycles. The van der Waals surface area contributed by atoms with Gasteiger partial charge in [-0.2, -0.15) is 4.98 Å². The van der Waals surface area contributed by atoms with Gasteiger partial charge in [0.1, 0.15) is 11.6 Å². The van der Waals surface area contributed by atoms with Crippen molar-refractivity contribution in [3.63, 3.8) is 0 Å². The Morgan fingerprint density at radius 1 is 1.29 bits per heavy atom. The molecule has 4 rings (SSSR count). The molecule has 0 bridgehead atoms. The fourth-order valence-electron chi connectivity index (χ4n) is 3.99. The lowest BCUT2D eigenvalue weighted by Crippen LogP contribution is -2.20. The van der Waals surface area contributed by atoms with Crippen LogP contribution in [0.15, 0.2) is 12.1 Å². The number of aliphatic hydroxyl groups excluding tert-OH is 1. The molecule has 174 valence electrons. The van der Waals surface area contributed by atoms with E-state index in [0.29, 0.717) is 6.04 Å². The Labute approximate surface area is 186 Å². The molecule has 2 aromatic rings. The molecule has 10 nitrogen and oxygen atoms in total. The third kappa shape index (κ3) is 5.96. The van der Waals surface area contributed by atoms with Gasteiger partial charge in [-0.3, -0.25) is 4.57 Å². The van der Waals surface area contributed by atoms with Gasteiger partial charge in [0, 0.05) is 13.2 Å². The van der Waals surface area contributed by atoms with Gasteiger partial charge in [0.2, 0.25) is 5.28 Å². The molecule has 1 saturated carbocycles. The third-order valence-electron chi connectivity index (χ3n) is 5.64. The second-order valence-electron chi connectivity index (χ2n) is 7.76. The maximum absolute atomic E-state index is 11.2. The first-order valence-corrected chi connectivity index (χ1v) is 12.5. The van der Waals surface area contributed by atoms with Crippen molar-refractivity contribution >= 4 is 30.5 Å². The van der Waals surface area contributed by atoms with Gasteiger partial charge in [-0.1, -0.05) is 12.8 Å². The van der Waals surface area contributed by atoms with Crippen LogP contribution in [0, 0.1) is 0 Å². The molecule has 2 aliphatic rings. The van der Waals surface area contributed by atoms with Gasteiger partial charge in [0.15, 0.2) is 11.7 Å². The lowest BCUT2D eigenvalue weighted by molar-refractivity contribution is -0.0263. The third-order valence-corrected chi connectivity index (χ3v) is 6.90. The summed E-state index contributed by atoms with van der Waals surface area (Å²) >= 11 is 6.18. The number of fused-ring (bicyclic) bond motifs is 1. The maximum Gasteiger partial charge on any atom is 0.353 e. The van der Waals surface area contributed by atoms with Gasteiger partial charge in [0.25, 0.3) is 0 Å². The van der Waals surface area contributed by atoms with Crippen LogP contribution in [0.25, 0.3) is 5.52 Å². The fourth-order valence-corrected chi connectivity index (χ4v) is 4.43. The summed E-state index contributed by atoms with van der Waals surface area (Å²) in [5, 5.41) is 15.0. The number of rotatable bonds is 7. The molecule has 31 heavy (non-hydrogen) atoms. The molecule has 2 fully saturated rings. The van der Waals surface area contributed by atoms with Gasteiger partial charge in [0.05, 0.1) is 18.4 Å². The topological polar surface area (TPSA) is 138 Å². The summed E-state index contributed by atoms with van der Waals surface area (Å²) in [7, 11) is -3.25. The van der Waals surface area contributed by atoms with Crippen molar-refractivity contribution in [3.8, 4) is 0 Å². The van der Waals surface area contributed by atoms with Gasteiger partial charge in [-0.25, -0.2) is 4.52 Å². The molecule has 12 heteroatoms. The second-order valence-corrected chi connectivity index (χ2v) is 10.00. The predicted molar refractivity (Wildman–Crippen MR) is 116 cm³/mol. The van der Waals surface area contributed by atoms with Crippen molar-refractivity contribution in [2.75, 3.05) is 19.0 Å². The second kappa shape index (κ2) is 10.6. The van der Waals surface area contributed by atoms with Crippen molar-refractivity contribution in [2.45, 2.75) is 69.5 Å². The Hall–Kier alpha value is -1.26. The summed E-state index contributed by atoms with van der Waals surface area (Å²) in [4.78, 5) is 22.7. The first-order chi connectivity index (χ1) is 14.8. The smallest absolute Gasteiger partial charge is 0.353 e. The van der Waals surface area contributed by atoms with Crippen molar-refractivity contribution in [1.82, 2.24) is 14.6 Å². The largest absolute Gasteiger partial charge is 0.400 e. The summed E-state index contributed by atoms with van der Waals surface area (Å²) < 4.78 is 24.4. The number of hydrogen-bond donors (Lipinski definition) is 4. The van der Waals surface area contributed by atoms with E-state index in [2.05, 4.69) is 15.4 Å². The Balaban J connectivity index is 0.00000132. The normalized spacial score (nSPS) is 23.0. The van der Waals surface area contributed by atoms with E-state index in [1.807, 2.05) is 12.1 Å². The van der Waals surface area contributed by atoms with Crippen LogP contribution in [-0.4, -0.2) is 61.2 Å². The highest BCUT2D eigenvalue weighted by atomic mass is 35.5. The molecule has 4 N–H and O–H groups in total. The van der Waals surface area contributed by atoms with Gasteiger partial charge in [-0.15, -0.1) is 5.10 Å². The zero-order valence-corrected chi connectivity index (χ0v) is 19.3. The van der Waals surface area contributed by atoms with Gasteiger partial charge < -0.3 is 29.7 Å². The number of aliphatic hydroxyl groups is 1. The molecular formula is C19H30ClN4O6P. The summed E-state index contributed by atoms with van der Waals surface area (Å²) in [6.45, 7) is 1.50. The maximum atomic E-state index is 11.2. The molecule has 0 amide bonds. The quantitative estimate of drug-likeness (QED) is 0.444. The number of hydrogen-bond acceptors (Lipinski definition) is 7. The zero-order chi connectivity index (χ0) is 22.6. The fraction of sp³-hybridized carbons (Fsp3) is 0.684. The van der Waals surface area contributed by atoms with E-state index in [1.54, 1.807) is 4.52 Å². The molecule has 2 aromatic heterocycles. The Kier molecular flexibility index (Phi) is 8.31. The van der Waals surface area contributed by atoms with Crippen LogP contribution < -0.4 is 5.32 Å². The minimum absolute atomic E-state index is 0.135. The van der Waals surface area contributed by atoms with Crippen LogP contribution in [0.1, 0.15) is 57.2 Å². The molecule has 1 aliphatic carbocycles. The van der Waals surface area contributed by atoms with Crippen molar-refractivity contribution in [3.05, 3.63) is 23.1 Å². The first-order valence-electron chi connectivity index (χ1n) is 10.4. The highest BCUT2D eigenvalue weighted by molar-refractivity contribution is 7.52. The number of ether oxygens (including phenoxy) is 2. The molecule has 1 saturated heterocycles. The van der Waals surface area contributed by atoms with Crippen molar-refractivity contribution in [2.24, 2.45) is 0 Å². The van der Waals surface area contributed by atoms with Gasteiger partial charge >= 0.3 is 7.60 Å². The van der Waals surface area contributed by atoms with Crippen LogP contribution in [-0.2, 0) is 14.0 Å². The van der Waals surface area contributed by atoms with Crippen LogP contribution >= 0.6 is 19.2 Å². The van der Waals surface area contributed by atoms with E-state index in [9.17, 15) is 4.57 Å².